The highest BCUT2D eigenvalue weighted by Crippen LogP contribution is 2.15. The van der Waals surface area contributed by atoms with E-state index in [-0.39, 0.29) is 6.42 Å². The largest absolute Gasteiger partial charge is 0.481 e. The zero-order valence-corrected chi connectivity index (χ0v) is 9.32. The fraction of sp³-hybridized carbons (Fsp3) is 0.750. The van der Waals surface area contributed by atoms with Crippen LogP contribution in [0.2, 0.25) is 0 Å². The molecule has 0 heterocycles. The highest BCUT2D eigenvalue weighted by molar-refractivity contribution is 7.98. The van der Waals surface area contributed by atoms with Crippen LogP contribution in [0.4, 0.5) is 13.2 Å². The van der Waals surface area contributed by atoms with Crippen LogP contribution in [-0.4, -0.2) is 41.2 Å². The third-order valence-electron chi connectivity index (χ3n) is 1.68. The lowest BCUT2D eigenvalue weighted by Gasteiger charge is -2.17. The van der Waals surface area contributed by atoms with Crippen LogP contribution in [0.3, 0.4) is 0 Å². The lowest BCUT2D eigenvalue weighted by Crippen LogP contribution is -2.44. The van der Waals surface area contributed by atoms with Crippen molar-refractivity contribution in [2.24, 2.45) is 0 Å². The molecule has 0 aliphatic carbocycles. The number of carbonyl (C=O) groups is 2. The third-order valence-corrected chi connectivity index (χ3v) is 2.33. The van der Waals surface area contributed by atoms with E-state index in [1.165, 1.54) is 11.8 Å². The Morgan fingerprint density at radius 3 is 2.38 bits per heavy atom. The number of hydrogen-bond donors (Lipinski definition) is 2. The molecular formula is C8H12F3NO3S. The molecule has 0 fully saturated rings. The Morgan fingerprint density at radius 2 is 2.00 bits per heavy atom. The first-order valence-electron chi connectivity index (χ1n) is 4.35. The number of carbonyl (C=O) groups excluding carboxylic acids is 1. The minimum atomic E-state index is -4.98. The maximum atomic E-state index is 11.9. The number of thioether (sulfide) groups is 1. The molecule has 0 rings (SSSR count). The maximum Gasteiger partial charge on any atom is 0.471 e. The molecule has 0 unspecified atom stereocenters. The second-order valence-corrected chi connectivity index (χ2v) is 4.03. The molecule has 1 atom stereocenters. The van der Waals surface area contributed by atoms with Gasteiger partial charge in [0.25, 0.3) is 0 Å². The van der Waals surface area contributed by atoms with Crippen molar-refractivity contribution in [3.8, 4) is 0 Å². The standard InChI is InChI=1S/C8H12F3NO3S/c1-16-3-2-5(4-6(13)14)12-7(15)8(9,10)11/h5H,2-4H2,1H3,(H,12,15)(H,13,14)/t5-/m0/s1. The number of aliphatic carboxylic acids is 1. The van der Waals surface area contributed by atoms with Gasteiger partial charge in [0.15, 0.2) is 0 Å². The van der Waals surface area contributed by atoms with E-state index < -0.39 is 30.5 Å². The molecule has 0 saturated carbocycles. The van der Waals surface area contributed by atoms with Gasteiger partial charge in [-0.1, -0.05) is 0 Å². The van der Waals surface area contributed by atoms with Crippen molar-refractivity contribution in [3.63, 3.8) is 0 Å². The molecule has 4 nitrogen and oxygen atoms in total. The van der Waals surface area contributed by atoms with Crippen LogP contribution in [0.15, 0.2) is 0 Å². The Balaban J connectivity index is 4.30. The highest BCUT2D eigenvalue weighted by Gasteiger charge is 2.39. The van der Waals surface area contributed by atoms with E-state index in [0.29, 0.717) is 5.75 Å². The van der Waals surface area contributed by atoms with Crippen LogP contribution in [0.5, 0.6) is 0 Å². The molecule has 0 aromatic rings. The van der Waals surface area contributed by atoms with Crippen LogP contribution < -0.4 is 5.32 Å². The molecule has 94 valence electrons. The number of alkyl halides is 3. The summed E-state index contributed by atoms with van der Waals surface area (Å²) in [5, 5.41) is 10.1. The van der Waals surface area contributed by atoms with E-state index >= 15 is 0 Å². The molecule has 0 aromatic carbocycles. The molecule has 0 aliphatic rings. The van der Waals surface area contributed by atoms with Crippen molar-refractivity contribution in [2.45, 2.75) is 25.1 Å². The number of carboxylic acid groups (broad SMARTS) is 1. The van der Waals surface area contributed by atoms with E-state index in [1.54, 1.807) is 11.6 Å². The average Bonchev–Trinajstić information content (AvgIpc) is 2.11. The van der Waals surface area contributed by atoms with Gasteiger partial charge in [-0.15, -0.1) is 0 Å². The Morgan fingerprint density at radius 1 is 1.44 bits per heavy atom. The molecule has 0 spiro atoms. The molecule has 0 saturated heterocycles. The maximum absolute atomic E-state index is 11.9. The highest BCUT2D eigenvalue weighted by atomic mass is 32.2. The molecule has 16 heavy (non-hydrogen) atoms. The Kier molecular flexibility index (Phi) is 6.24. The first-order valence-corrected chi connectivity index (χ1v) is 5.75. The molecule has 0 aromatic heterocycles. The van der Waals surface area contributed by atoms with Crippen molar-refractivity contribution in [3.05, 3.63) is 0 Å². The van der Waals surface area contributed by atoms with Gasteiger partial charge in [-0.25, -0.2) is 0 Å². The number of carboxylic acids is 1. The van der Waals surface area contributed by atoms with Crippen molar-refractivity contribution < 1.29 is 27.9 Å². The van der Waals surface area contributed by atoms with Gasteiger partial charge in [-0.3, -0.25) is 9.59 Å². The molecule has 1 amide bonds. The summed E-state index contributed by atoms with van der Waals surface area (Å²) in [4.78, 5) is 20.9. The molecule has 0 bridgehead atoms. The number of halogens is 3. The Bertz CT molecular complexity index is 257. The smallest absolute Gasteiger partial charge is 0.471 e. The summed E-state index contributed by atoms with van der Waals surface area (Å²) >= 11 is 1.37. The quantitative estimate of drug-likeness (QED) is 0.753. The summed E-state index contributed by atoms with van der Waals surface area (Å²) in [7, 11) is 0. The molecular weight excluding hydrogens is 247 g/mol. The average molecular weight is 259 g/mol. The topological polar surface area (TPSA) is 66.4 Å². The van der Waals surface area contributed by atoms with Gasteiger partial charge in [-0.05, 0) is 18.4 Å². The third kappa shape index (κ3) is 6.54. The van der Waals surface area contributed by atoms with Crippen molar-refractivity contribution >= 4 is 23.6 Å². The van der Waals surface area contributed by atoms with Gasteiger partial charge in [0.2, 0.25) is 0 Å². The van der Waals surface area contributed by atoms with Crippen molar-refractivity contribution in [1.82, 2.24) is 5.32 Å². The van der Waals surface area contributed by atoms with Gasteiger partial charge >= 0.3 is 18.1 Å². The van der Waals surface area contributed by atoms with Gasteiger partial charge < -0.3 is 10.4 Å². The minimum Gasteiger partial charge on any atom is -0.481 e. The van der Waals surface area contributed by atoms with E-state index in [2.05, 4.69) is 0 Å². The molecule has 8 heteroatoms. The van der Waals surface area contributed by atoms with E-state index in [4.69, 9.17) is 5.11 Å². The van der Waals surface area contributed by atoms with Crippen molar-refractivity contribution in [2.75, 3.05) is 12.0 Å². The fourth-order valence-corrected chi connectivity index (χ4v) is 1.48. The Labute approximate surface area is 94.6 Å². The van der Waals surface area contributed by atoms with Crippen LogP contribution in [0, 0.1) is 0 Å². The summed E-state index contributed by atoms with van der Waals surface area (Å²) in [6.07, 6.45) is -3.56. The summed E-state index contributed by atoms with van der Waals surface area (Å²) in [6.45, 7) is 0. The van der Waals surface area contributed by atoms with Gasteiger partial charge in [0.1, 0.15) is 0 Å². The Hall–Kier alpha value is -0.920. The summed E-state index contributed by atoms with van der Waals surface area (Å²) in [5.41, 5.74) is 0. The number of nitrogens with one attached hydrogen (secondary N) is 1. The summed E-state index contributed by atoms with van der Waals surface area (Å²) in [5.74, 6) is -2.86. The zero-order chi connectivity index (χ0) is 12.8. The first kappa shape index (κ1) is 15.1. The van der Waals surface area contributed by atoms with E-state index in [0.717, 1.165) is 0 Å². The number of rotatable bonds is 6. The van der Waals surface area contributed by atoms with Crippen LogP contribution in [-0.2, 0) is 9.59 Å². The molecule has 0 aliphatic heterocycles. The molecule has 0 radical (unpaired) electrons. The van der Waals surface area contributed by atoms with E-state index in [1.807, 2.05) is 0 Å². The summed E-state index contributed by atoms with van der Waals surface area (Å²) < 4.78 is 35.7. The number of hydrogen-bond acceptors (Lipinski definition) is 3. The van der Waals surface area contributed by atoms with Crippen LogP contribution >= 0.6 is 11.8 Å². The predicted molar refractivity (Wildman–Crippen MR) is 53.2 cm³/mol. The SMILES string of the molecule is CSCC[C@@H](CC(=O)O)NC(=O)C(F)(F)F. The van der Waals surface area contributed by atoms with Crippen LogP contribution in [0.25, 0.3) is 0 Å². The predicted octanol–water partition coefficient (Wildman–Crippen LogP) is 1.26. The first-order chi connectivity index (χ1) is 7.27. The normalized spacial score (nSPS) is 13.2. The van der Waals surface area contributed by atoms with Crippen molar-refractivity contribution in [1.29, 1.82) is 0 Å². The van der Waals surface area contributed by atoms with E-state index in [9.17, 15) is 22.8 Å². The zero-order valence-electron chi connectivity index (χ0n) is 8.50. The second-order valence-electron chi connectivity index (χ2n) is 3.05. The minimum absolute atomic E-state index is 0.190. The number of amides is 1. The van der Waals surface area contributed by atoms with Crippen LogP contribution in [0.1, 0.15) is 12.8 Å². The van der Waals surface area contributed by atoms with Gasteiger partial charge in [0.05, 0.1) is 6.42 Å². The van der Waals surface area contributed by atoms with Gasteiger partial charge in [-0.2, -0.15) is 24.9 Å². The van der Waals surface area contributed by atoms with Gasteiger partial charge in [0, 0.05) is 6.04 Å². The lowest BCUT2D eigenvalue weighted by molar-refractivity contribution is -0.174. The fourth-order valence-electron chi connectivity index (χ4n) is 0.963. The molecule has 2 N–H and O–H groups in total. The second kappa shape index (κ2) is 6.62. The lowest BCUT2D eigenvalue weighted by atomic mass is 10.1. The monoisotopic (exact) mass is 259 g/mol. The summed E-state index contributed by atoms with van der Waals surface area (Å²) in [6, 6.07) is -0.987.